The molecule has 1 atom stereocenters. The Morgan fingerprint density at radius 1 is 1.27 bits per heavy atom. The van der Waals surface area contributed by atoms with Gasteiger partial charge in [-0.15, -0.1) is 0 Å². The van der Waals surface area contributed by atoms with Crippen LogP contribution >= 0.6 is 0 Å². The largest absolute Gasteiger partial charge is 0.411 e. The third kappa shape index (κ3) is 11.6. The highest BCUT2D eigenvalue weighted by molar-refractivity contribution is 4.59. The SMILES string of the molecule is COCCC(C)NCCOCC(F)(F)F. The molecule has 0 saturated heterocycles. The number of rotatable bonds is 8. The fourth-order valence-corrected chi connectivity index (χ4v) is 0.962. The predicted molar refractivity (Wildman–Crippen MR) is 50.8 cm³/mol. The molecule has 92 valence electrons. The summed E-state index contributed by atoms with van der Waals surface area (Å²) in [5, 5.41) is 3.03. The highest BCUT2D eigenvalue weighted by Crippen LogP contribution is 2.13. The summed E-state index contributed by atoms with van der Waals surface area (Å²) in [5.74, 6) is 0. The van der Waals surface area contributed by atoms with Crippen LogP contribution in [0.5, 0.6) is 0 Å². The van der Waals surface area contributed by atoms with Crippen LogP contribution in [0.1, 0.15) is 13.3 Å². The highest BCUT2D eigenvalue weighted by Gasteiger charge is 2.27. The van der Waals surface area contributed by atoms with Crippen molar-refractivity contribution in [3.63, 3.8) is 0 Å². The average molecular weight is 229 g/mol. The number of alkyl halides is 3. The Hall–Kier alpha value is -0.330. The summed E-state index contributed by atoms with van der Waals surface area (Å²) < 4.78 is 44.2. The molecule has 0 aliphatic heterocycles. The van der Waals surface area contributed by atoms with Crippen LogP contribution in [-0.2, 0) is 9.47 Å². The van der Waals surface area contributed by atoms with Gasteiger partial charge in [0.25, 0.3) is 0 Å². The minimum atomic E-state index is -4.23. The van der Waals surface area contributed by atoms with Crippen molar-refractivity contribution < 1.29 is 22.6 Å². The van der Waals surface area contributed by atoms with E-state index in [0.29, 0.717) is 13.2 Å². The first kappa shape index (κ1) is 14.7. The molecule has 0 rings (SSSR count). The molecule has 0 aromatic heterocycles. The van der Waals surface area contributed by atoms with E-state index in [0.717, 1.165) is 6.42 Å². The van der Waals surface area contributed by atoms with Crippen LogP contribution in [0.15, 0.2) is 0 Å². The van der Waals surface area contributed by atoms with Gasteiger partial charge in [0, 0.05) is 26.3 Å². The molecule has 3 nitrogen and oxygen atoms in total. The van der Waals surface area contributed by atoms with Crippen LogP contribution in [-0.4, -0.2) is 45.7 Å². The topological polar surface area (TPSA) is 30.5 Å². The number of ether oxygens (including phenoxy) is 2. The molecule has 0 aliphatic rings. The monoisotopic (exact) mass is 229 g/mol. The van der Waals surface area contributed by atoms with E-state index in [1.54, 1.807) is 7.11 Å². The second-order valence-corrected chi connectivity index (χ2v) is 3.30. The van der Waals surface area contributed by atoms with Gasteiger partial charge in [0.05, 0.1) is 6.61 Å². The zero-order valence-corrected chi connectivity index (χ0v) is 9.06. The molecular weight excluding hydrogens is 211 g/mol. The second-order valence-electron chi connectivity index (χ2n) is 3.30. The third-order valence-electron chi connectivity index (χ3n) is 1.76. The fraction of sp³-hybridized carbons (Fsp3) is 1.00. The lowest BCUT2D eigenvalue weighted by Crippen LogP contribution is -2.31. The van der Waals surface area contributed by atoms with Crippen LogP contribution in [0.4, 0.5) is 13.2 Å². The van der Waals surface area contributed by atoms with Gasteiger partial charge in [0.2, 0.25) is 0 Å². The van der Waals surface area contributed by atoms with E-state index in [2.05, 4.69) is 10.1 Å². The van der Waals surface area contributed by atoms with Crippen molar-refractivity contribution in [3.8, 4) is 0 Å². The minimum absolute atomic E-state index is 0.0663. The Kier molecular flexibility index (Phi) is 7.72. The smallest absolute Gasteiger partial charge is 0.385 e. The standard InChI is InChI=1S/C9H18F3NO2/c1-8(3-5-14-2)13-4-6-15-7-9(10,11)12/h8,13H,3-7H2,1-2H3. The number of halogens is 3. The van der Waals surface area contributed by atoms with Gasteiger partial charge in [-0.3, -0.25) is 0 Å². The molecule has 0 saturated carbocycles. The summed E-state index contributed by atoms with van der Waals surface area (Å²) in [5.41, 5.74) is 0. The van der Waals surface area contributed by atoms with Crippen LogP contribution in [0.25, 0.3) is 0 Å². The molecule has 0 spiro atoms. The minimum Gasteiger partial charge on any atom is -0.385 e. The quantitative estimate of drug-likeness (QED) is 0.641. The van der Waals surface area contributed by atoms with Crippen molar-refractivity contribution in [3.05, 3.63) is 0 Å². The van der Waals surface area contributed by atoms with Gasteiger partial charge in [-0.2, -0.15) is 13.2 Å². The zero-order chi connectivity index (χ0) is 11.7. The Morgan fingerprint density at radius 3 is 2.47 bits per heavy atom. The van der Waals surface area contributed by atoms with E-state index in [9.17, 15) is 13.2 Å². The van der Waals surface area contributed by atoms with E-state index in [1.165, 1.54) is 0 Å². The summed E-state index contributed by atoms with van der Waals surface area (Å²) in [4.78, 5) is 0. The maximum Gasteiger partial charge on any atom is 0.411 e. The zero-order valence-electron chi connectivity index (χ0n) is 9.06. The summed E-state index contributed by atoms with van der Waals surface area (Å²) in [6.07, 6.45) is -3.41. The van der Waals surface area contributed by atoms with Crippen LogP contribution in [0, 0.1) is 0 Å². The predicted octanol–water partition coefficient (Wildman–Crippen LogP) is 1.58. The summed E-state index contributed by atoms with van der Waals surface area (Å²) in [6.45, 7) is 1.89. The van der Waals surface area contributed by atoms with E-state index >= 15 is 0 Å². The van der Waals surface area contributed by atoms with Crippen LogP contribution in [0.3, 0.4) is 0 Å². The van der Waals surface area contributed by atoms with Gasteiger partial charge in [0.15, 0.2) is 0 Å². The van der Waals surface area contributed by atoms with Crippen molar-refractivity contribution in [2.75, 3.05) is 33.5 Å². The lowest BCUT2D eigenvalue weighted by molar-refractivity contribution is -0.173. The van der Waals surface area contributed by atoms with Gasteiger partial charge in [-0.25, -0.2) is 0 Å². The maximum atomic E-state index is 11.6. The van der Waals surface area contributed by atoms with Crippen molar-refractivity contribution >= 4 is 0 Å². The molecule has 0 fully saturated rings. The van der Waals surface area contributed by atoms with Gasteiger partial charge in [0.1, 0.15) is 6.61 Å². The molecule has 1 unspecified atom stereocenters. The molecule has 0 bridgehead atoms. The molecule has 6 heteroatoms. The first-order chi connectivity index (χ1) is 6.95. The lowest BCUT2D eigenvalue weighted by atomic mass is 10.2. The normalized spacial score (nSPS) is 14.2. The third-order valence-corrected chi connectivity index (χ3v) is 1.76. The average Bonchev–Trinajstić information content (AvgIpc) is 2.12. The summed E-state index contributed by atoms with van der Waals surface area (Å²) in [6, 6.07) is 0.222. The van der Waals surface area contributed by atoms with E-state index < -0.39 is 12.8 Å². The highest BCUT2D eigenvalue weighted by atomic mass is 19.4. The van der Waals surface area contributed by atoms with Crippen LogP contribution < -0.4 is 5.32 Å². The first-order valence-electron chi connectivity index (χ1n) is 4.82. The van der Waals surface area contributed by atoms with Gasteiger partial charge >= 0.3 is 6.18 Å². The van der Waals surface area contributed by atoms with Crippen molar-refractivity contribution in [2.24, 2.45) is 0 Å². The molecular formula is C9H18F3NO2. The van der Waals surface area contributed by atoms with Gasteiger partial charge < -0.3 is 14.8 Å². The Balaban J connectivity index is 3.23. The number of methoxy groups -OCH3 is 1. The molecule has 0 radical (unpaired) electrons. The Morgan fingerprint density at radius 2 is 1.93 bits per heavy atom. The van der Waals surface area contributed by atoms with Gasteiger partial charge in [-0.1, -0.05) is 0 Å². The van der Waals surface area contributed by atoms with E-state index in [-0.39, 0.29) is 12.6 Å². The van der Waals surface area contributed by atoms with E-state index in [1.807, 2.05) is 6.92 Å². The molecule has 15 heavy (non-hydrogen) atoms. The summed E-state index contributed by atoms with van der Waals surface area (Å²) >= 11 is 0. The number of hydrogen-bond acceptors (Lipinski definition) is 3. The van der Waals surface area contributed by atoms with Crippen molar-refractivity contribution in [2.45, 2.75) is 25.6 Å². The number of nitrogens with one attached hydrogen (secondary N) is 1. The first-order valence-corrected chi connectivity index (χ1v) is 4.82. The molecule has 0 aromatic carbocycles. The summed E-state index contributed by atoms with van der Waals surface area (Å²) in [7, 11) is 1.61. The maximum absolute atomic E-state index is 11.6. The fourth-order valence-electron chi connectivity index (χ4n) is 0.962. The molecule has 1 N–H and O–H groups in total. The van der Waals surface area contributed by atoms with Crippen molar-refractivity contribution in [1.29, 1.82) is 0 Å². The van der Waals surface area contributed by atoms with Gasteiger partial charge in [-0.05, 0) is 13.3 Å². The molecule has 0 aromatic rings. The molecule has 0 aliphatic carbocycles. The van der Waals surface area contributed by atoms with E-state index in [4.69, 9.17) is 4.74 Å². The Labute approximate surface area is 87.9 Å². The Bertz CT molecular complexity index is 153. The number of hydrogen-bond donors (Lipinski definition) is 1. The second kappa shape index (κ2) is 7.90. The lowest BCUT2D eigenvalue weighted by Gasteiger charge is -2.13. The van der Waals surface area contributed by atoms with Crippen LogP contribution in [0.2, 0.25) is 0 Å². The molecule has 0 amide bonds. The van der Waals surface area contributed by atoms with Crippen molar-refractivity contribution in [1.82, 2.24) is 5.32 Å². The molecule has 0 heterocycles.